The second kappa shape index (κ2) is 4.73. The van der Waals surface area contributed by atoms with E-state index < -0.39 is 10.8 Å². The van der Waals surface area contributed by atoms with Crippen LogP contribution in [0.4, 0.5) is 0 Å². The lowest BCUT2D eigenvalue weighted by atomic mass is 10.1. The highest BCUT2D eigenvalue weighted by Crippen LogP contribution is 2.18. The van der Waals surface area contributed by atoms with Crippen molar-refractivity contribution in [2.75, 3.05) is 0 Å². The van der Waals surface area contributed by atoms with Crippen molar-refractivity contribution in [1.82, 2.24) is 0 Å². The Bertz CT molecular complexity index is 534. The Morgan fingerprint density at radius 3 is 2.53 bits per heavy atom. The molecular weight excluding hydrogens is 272 g/mol. The van der Waals surface area contributed by atoms with Gasteiger partial charge in [0.2, 0.25) is 0 Å². The van der Waals surface area contributed by atoms with Gasteiger partial charge in [-0.2, -0.15) is 0 Å². The molecule has 2 aromatic carbocycles. The predicted octanol–water partition coefficient (Wildman–Crippen LogP) is 3.81. The van der Waals surface area contributed by atoms with Crippen LogP contribution in [0.1, 0.15) is 0 Å². The standard InChI is InChI=1S/C12H9BrOS/c13-7-8-15(14)12-6-5-10-3-1-2-4-11(10)9-12/h1-9H/b8-7+. The van der Waals surface area contributed by atoms with Gasteiger partial charge in [0.1, 0.15) is 0 Å². The summed E-state index contributed by atoms with van der Waals surface area (Å²) in [5, 5.41) is 3.90. The Labute approximate surface area is 99.4 Å². The third-order valence-electron chi connectivity index (χ3n) is 2.13. The minimum atomic E-state index is -1.07. The fourth-order valence-electron chi connectivity index (χ4n) is 1.42. The molecule has 1 nitrogen and oxygen atoms in total. The van der Waals surface area contributed by atoms with Crippen LogP contribution in [0.5, 0.6) is 0 Å². The molecule has 1 unspecified atom stereocenters. The zero-order valence-corrected chi connectivity index (χ0v) is 10.3. The van der Waals surface area contributed by atoms with Crippen molar-refractivity contribution in [2.45, 2.75) is 4.90 Å². The summed E-state index contributed by atoms with van der Waals surface area (Å²) >= 11 is 3.12. The first-order valence-corrected chi connectivity index (χ1v) is 6.60. The van der Waals surface area contributed by atoms with Gasteiger partial charge in [-0.1, -0.05) is 46.3 Å². The van der Waals surface area contributed by atoms with Crippen LogP contribution in [-0.4, -0.2) is 4.21 Å². The molecule has 0 N–H and O–H groups in total. The van der Waals surface area contributed by atoms with E-state index in [9.17, 15) is 4.21 Å². The van der Waals surface area contributed by atoms with E-state index in [0.717, 1.165) is 10.3 Å². The monoisotopic (exact) mass is 280 g/mol. The summed E-state index contributed by atoms with van der Waals surface area (Å²) in [6.45, 7) is 0. The summed E-state index contributed by atoms with van der Waals surface area (Å²) in [6.07, 6.45) is 0. The molecule has 0 fully saturated rings. The largest absolute Gasteiger partial charge is 0.250 e. The molecule has 0 saturated carbocycles. The number of hydrogen-bond donors (Lipinski definition) is 0. The van der Waals surface area contributed by atoms with Gasteiger partial charge in [-0.15, -0.1) is 0 Å². The average molecular weight is 281 g/mol. The Balaban J connectivity index is 2.51. The summed E-state index contributed by atoms with van der Waals surface area (Å²) < 4.78 is 11.7. The van der Waals surface area contributed by atoms with Crippen LogP contribution < -0.4 is 0 Å². The van der Waals surface area contributed by atoms with Gasteiger partial charge in [-0.25, -0.2) is 4.21 Å². The summed E-state index contributed by atoms with van der Waals surface area (Å²) in [4.78, 5) is 2.45. The van der Waals surface area contributed by atoms with Crippen molar-refractivity contribution in [3.8, 4) is 0 Å². The van der Waals surface area contributed by atoms with Crippen LogP contribution in [0, 0.1) is 0 Å². The van der Waals surface area contributed by atoms with E-state index in [2.05, 4.69) is 15.9 Å². The zero-order valence-electron chi connectivity index (χ0n) is 7.89. The molecule has 0 spiro atoms. The first-order chi connectivity index (χ1) is 7.31. The number of hydrogen-bond acceptors (Lipinski definition) is 1. The maximum Gasteiger partial charge on any atom is 0.0781 e. The summed E-state index contributed by atoms with van der Waals surface area (Å²) in [5.41, 5.74) is 0. The van der Waals surface area contributed by atoms with Gasteiger partial charge in [0.15, 0.2) is 0 Å². The van der Waals surface area contributed by atoms with Crippen LogP contribution in [0.15, 0.2) is 57.8 Å². The number of benzene rings is 2. The predicted molar refractivity (Wildman–Crippen MR) is 68.4 cm³/mol. The quantitative estimate of drug-likeness (QED) is 0.818. The Morgan fingerprint density at radius 2 is 1.80 bits per heavy atom. The van der Waals surface area contributed by atoms with Crippen LogP contribution in [-0.2, 0) is 10.8 Å². The summed E-state index contributed by atoms with van der Waals surface area (Å²) in [7, 11) is -1.07. The van der Waals surface area contributed by atoms with Crippen molar-refractivity contribution in [3.63, 3.8) is 0 Å². The van der Waals surface area contributed by atoms with E-state index in [1.165, 1.54) is 5.39 Å². The topological polar surface area (TPSA) is 17.1 Å². The lowest BCUT2D eigenvalue weighted by molar-refractivity contribution is 0.688. The smallest absolute Gasteiger partial charge is 0.0781 e. The normalized spacial score (nSPS) is 13.4. The molecule has 15 heavy (non-hydrogen) atoms. The average Bonchev–Trinajstić information content (AvgIpc) is 2.29. The highest BCUT2D eigenvalue weighted by atomic mass is 79.9. The maximum absolute atomic E-state index is 11.7. The molecule has 2 rings (SSSR count). The van der Waals surface area contributed by atoms with E-state index >= 15 is 0 Å². The number of rotatable bonds is 2. The van der Waals surface area contributed by atoms with Crippen molar-refractivity contribution >= 4 is 37.5 Å². The van der Waals surface area contributed by atoms with Crippen LogP contribution >= 0.6 is 15.9 Å². The van der Waals surface area contributed by atoms with Crippen molar-refractivity contribution < 1.29 is 4.21 Å². The molecule has 1 atom stereocenters. The third-order valence-corrected chi connectivity index (χ3v) is 3.84. The van der Waals surface area contributed by atoms with Gasteiger partial charge < -0.3 is 0 Å². The van der Waals surface area contributed by atoms with Gasteiger partial charge >= 0.3 is 0 Å². The Hall–Kier alpha value is -0.930. The molecule has 0 radical (unpaired) electrons. The molecule has 0 aliphatic rings. The zero-order chi connectivity index (χ0) is 10.7. The lowest BCUT2D eigenvalue weighted by Crippen LogP contribution is -1.85. The molecule has 76 valence electrons. The molecule has 0 heterocycles. The highest BCUT2D eigenvalue weighted by molar-refractivity contribution is 9.11. The lowest BCUT2D eigenvalue weighted by Gasteiger charge is -2.00. The third kappa shape index (κ3) is 2.36. The summed E-state index contributed by atoms with van der Waals surface area (Å²) in [5.74, 6) is 0. The van der Waals surface area contributed by atoms with Crippen molar-refractivity contribution in [3.05, 3.63) is 52.9 Å². The first kappa shape index (κ1) is 10.6. The highest BCUT2D eigenvalue weighted by Gasteiger charge is 2.00. The van der Waals surface area contributed by atoms with Crippen LogP contribution in [0.3, 0.4) is 0 Å². The Morgan fingerprint density at radius 1 is 1.07 bits per heavy atom. The molecule has 2 aromatic rings. The molecule has 0 saturated heterocycles. The van der Waals surface area contributed by atoms with Crippen molar-refractivity contribution in [1.29, 1.82) is 0 Å². The molecule has 3 heteroatoms. The minimum Gasteiger partial charge on any atom is -0.250 e. The molecule has 0 aromatic heterocycles. The maximum atomic E-state index is 11.7. The number of halogens is 1. The SMILES string of the molecule is O=S(/C=C/Br)c1ccc2ccccc2c1. The van der Waals surface area contributed by atoms with E-state index in [1.54, 1.807) is 10.4 Å². The fraction of sp³-hybridized carbons (Fsp3) is 0. The molecule has 0 amide bonds. The van der Waals surface area contributed by atoms with Gasteiger partial charge in [-0.3, -0.25) is 0 Å². The molecular formula is C12H9BrOS. The van der Waals surface area contributed by atoms with Crippen molar-refractivity contribution in [2.24, 2.45) is 0 Å². The van der Waals surface area contributed by atoms with E-state index in [1.807, 2.05) is 42.5 Å². The first-order valence-electron chi connectivity index (χ1n) is 4.47. The molecule has 0 aliphatic carbocycles. The minimum absolute atomic E-state index is 0.824. The fourth-order valence-corrected chi connectivity index (χ4v) is 2.70. The molecule has 0 bridgehead atoms. The van der Waals surface area contributed by atoms with E-state index in [-0.39, 0.29) is 0 Å². The van der Waals surface area contributed by atoms with Gasteiger partial charge in [0.25, 0.3) is 0 Å². The van der Waals surface area contributed by atoms with E-state index in [4.69, 9.17) is 0 Å². The van der Waals surface area contributed by atoms with Crippen LogP contribution in [0.25, 0.3) is 10.8 Å². The molecule has 0 aliphatic heterocycles. The Kier molecular flexibility index (Phi) is 3.34. The van der Waals surface area contributed by atoms with Gasteiger partial charge in [-0.05, 0) is 27.9 Å². The van der Waals surface area contributed by atoms with Crippen LogP contribution in [0.2, 0.25) is 0 Å². The number of fused-ring (bicyclic) bond motifs is 1. The van der Waals surface area contributed by atoms with Gasteiger partial charge in [0.05, 0.1) is 10.8 Å². The van der Waals surface area contributed by atoms with E-state index in [0.29, 0.717) is 0 Å². The van der Waals surface area contributed by atoms with Gasteiger partial charge in [0, 0.05) is 10.3 Å². The summed E-state index contributed by atoms with van der Waals surface area (Å²) in [6, 6.07) is 13.9. The second-order valence-electron chi connectivity index (χ2n) is 3.07. The second-order valence-corrected chi connectivity index (χ2v) is 4.94.